The zero-order chi connectivity index (χ0) is 13.3. The molecule has 2 rings (SSSR count). The highest BCUT2D eigenvalue weighted by Gasteiger charge is 2.22. The summed E-state index contributed by atoms with van der Waals surface area (Å²) in [7, 11) is -4.17. The van der Waals surface area contributed by atoms with E-state index in [9.17, 15) is 8.42 Å². The van der Waals surface area contributed by atoms with Crippen molar-refractivity contribution in [3.63, 3.8) is 0 Å². The van der Waals surface area contributed by atoms with Crippen molar-refractivity contribution in [2.45, 2.75) is 18.0 Å². The van der Waals surface area contributed by atoms with Crippen LogP contribution in [0.2, 0.25) is 0 Å². The van der Waals surface area contributed by atoms with E-state index in [0.717, 1.165) is 0 Å². The van der Waals surface area contributed by atoms with Crippen LogP contribution in [0.15, 0.2) is 39.4 Å². The predicted octanol–water partition coefficient (Wildman–Crippen LogP) is 1.66. The summed E-state index contributed by atoms with van der Waals surface area (Å²) >= 11 is 4.97. The minimum absolute atomic E-state index is 0.167. The van der Waals surface area contributed by atoms with E-state index in [2.05, 4.69) is 15.7 Å². The molecule has 1 heterocycles. The summed E-state index contributed by atoms with van der Waals surface area (Å²) in [5, 5.41) is 9.47. The van der Waals surface area contributed by atoms with Crippen LogP contribution in [0.1, 0.15) is 6.92 Å². The molecule has 7 nitrogen and oxygen atoms in total. The Morgan fingerprint density at radius 1 is 1.39 bits per heavy atom. The lowest BCUT2D eigenvalue weighted by molar-refractivity contribution is 0.423. The lowest BCUT2D eigenvalue weighted by atomic mass is 10.3. The second-order valence-corrected chi connectivity index (χ2v) is 5.40. The monoisotopic (exact) mass is 286 g/mol. The summed E-state index contributed by atoms with van der Waals surface area (Å²) in [6.45, 7) is 1.81. The molecule has 0 aliphatic carbocycles. The third-order valence-electron chi connectivity index (χ3n) is 2.29. The van der Waals surface area contributed by atoms with Gasteiger partial charge in [-0.2, -0.15) is 13.5 Å². The topological polar surface area (TPSA) is 94.4 Å². The highest BCUT2D eigenvalue weighted by molar-refractivity contribution is 7.85. The highest BCUT2D eigenvalue weighted by atomic mass is 32.2. The van der Waals surface area contributed by atoms with Crippen molar-refractivity contribution in [1.29, 1.82) is 0 Å². The highest BCUT2D eigenvalue weighted by Crippen LogP contribution is 2.18. The van der Waals surface area contributed by atoms with Crippen molar-refractivity contribution >= 4 is 33.1 Å². The fraction of sp³-hybridized carbons (Fsp3) is 0.222. The molecule has 1 aromatic carbocycles. The third kappa shape index (κ3) is 2.63. The summed E-state index contributed by atoms with van der Waals surface area (Å²) in [6, 6.07) is 5.60. The van der Waals surface area contributed by atoms with Gasteiger partial charge in [-0.3, -0.25) is 9.98 Å². The molecule has 1 unspecified atom stereocenters. The number of hydrogen-bond donors (Lipinski definition) is 2. The van der Waals surface area contributed by atoms with Crippen LogP contribution in [-0.2, 0) is 10.1 Å². The normalized spacial score (nSPS) is 19.3. The fourth-order valence-electron chi connectivity index (χ4n) is 1.37. The molecule has 0 amide bonds. The van der Waals surface area contributed by atoms with E-state index < -0.39 is 10.1 Å². The Hall–Kier alpha value is -1.58. The van der Waals surface area contributed by atoms with Gasteiger partial charge in [0.2, 0.25) is 5.11 Å². The van der Waals surface area contributed by atoms with Gasteiger partial charge in [-0.1, -0.05) is 0 Å². The first-order valence-electron chi connectivity index (χ1n) is 4.96. The molecule has 1 aromatic rings. The van der Waals surface area contributed by atoms with Gasteiger partial charge in [0, 0.05) is 0 Å². The number of nitrogens with zero attached hydrogens (tertiary/aromatic N) is 3. The Bertz CT molecular complexity index is 597. The van der Waals surface area contributed by atoms with E-state index >= 15 is 0 Å². The van der Waals surface area contributed by atoms with Gasteiger partial charge in [-0.15, -0.1) is 5.11 Å². The van der Waals surface area contributed by atoms with E-state index in [-0.39, 0.29) is 11.1 Å². The maximum Gasteiger partial charge on any atom is 0.294 e. The Balaban J connectivity index is 2.14. The minimum Gasteiger partial charge on any atom is -0.294 e. The van der Waals surface area contributed by atoms with Crippen molar-refractivity contribution in [1.82, 2.24) is 5.01 Å². The van der Waals surface area contributed by atoms with Gasteiger partial charge in [0.05, 0.1) is 10.6 Å². The van der Waals surface area contributed by atoms with Crippen LogP contribution in [0.5, 0.6) is 0 Å². The molecule has 0 aromatic heterocycles. The first-order chi connectivity index (χ1) is 8.38. The number of rotatable bonds is 3. The largest absolute Gasteiger partial charge is 0.294 e. The molecule has 1 aliphatic heterocycles. The molecular formula is C9H10N4O3S2. The average molecular weight is 286 g/mol. The maximum absolute atomic E-state index is 10.9. The molecule has 2 N–H and O–H groups in total. The second-order valence-electron chi connectivity index (χ2n) is 3.61. The van der Waals surface area contributed by atoms with Gasteiger partial charge >= 0.3 is 0 Å². The number of hydrazine groups is 1. The van der Waals surface area contributed by atoms with E-state index in [4.69, 9.17) is 16.8 Å². The number of thiocarbonyl (C=S) groups is 1. The second kappa shape index (κ2) is 4.59. The van der Waals surface area contributed by atoms with E-state index in [1.165, 1.54) is 24.3 Å². The van der Waals surface area contributed by atoms with Crippen LogP contribution < -0.4 is 5.43 Å². The quantitative estimate of drug-likeness (QED) is 0.648. The van der Waals surface area contributed by atoms with Crippen LogP contribution in [0, 0.1) is 0 Å². The first-order valence-corrected chi connectivity index (χ1v) is 6.81. The molecule has 0 saturated carbocycles. The Morgan fingerprint density at radius 3 is 2.44 bits per heavy atom. The molecule has 0 fully saturated rings. The van der Waals surface area contributed by atoms with Crippen LogP contribution in [0.25, 0.3) is 0 Å². The minimum atomic E-state index is -4.17. The van der Waals surface area contributed by atoms with Crippen LogP contribution in [0.4, 0.5) is 5.69 Å². The molecule has 96 valence electrons. The summed E-state index contributed by atoms with van der Waals surface area (Å²) in [5.41, 5.74) is 3.56. The van der Waals surface area contributed by atoms with E-state index in [0.29, 0.717) is 10.8 Å². The standard InChI is InChI=1S/C9H10N4O3S2/c1-6-10-11-9(17)13(6)12-7-2-4-8(5-3-7)18(14,15)16/h2-6,12H,1H3,(H,14,15,16). The molecule has 0 bridgehead atoms. The van der Waals surface area contributed by atoms with E-state index in [1.807, 2.05) is 6.92 Å². The zero-order valence-electron chi connectivity index (χ0n) is 9.31. The molecule has 0 saturated heterocycles. The van der Waals surface area contributed by atoms with Crippen LogP contribution in [-0.4, -0.2) is 29.3 Å². The van der Waals surface area contributed by atoms with Crippen molar-refractivity contribution in [3.8, 4) is 0 Å². The van der Waals surface area contributed by atoms with E-state index in [1.54, 1.807) is 5.01 Å². The van der Waals surface area contributed by atoms with Gasteiger partial charge in [-0.25, -0.2) is 5.01 Å². The lowest BCUT2D eigenvalue weighted by Gasteiger charge is -2.21. The molecular weight excluding hydrogens is 276 g/mol. The molecule has 9 heteroatoms. The Labute approximate surface area is 109 Å². The molecule has 0 radical (unpaired) electrons. The maximum atomic E-state index is 10.9. The number of benzene rings is 1. The van der Waals surface area contributed by atoms with Gasteiger partial charge in [0.1, 0.15) is 0 Å². The Morgan fingerprint density at radius 2 is 2.00 bits per heavy atom. The molecule has 1 aliphatic rings. The molecule has 18 heavy (non-hydrogen) atoms. The van der Waals surface area contributed by atoms with Crippen molar-refractivity contribution in [2.24, 2.45) is 10.2 Å². The number of azo groups is 1. The third-order valence-corrected chi connectivity index (χ3v) is 3.44. The molecule has 1 atom stereocenters. The average Bonchev–Trinajstić information content (AvgIpc) is 2.60. The van der Waals surface area contributed by atoms with Crippen molar-refractivity contribution in [2.75, 3.05) is 5.43 Å². The van der Waals surface area contributed by atoms with Gasteiger partial charge < -0.3 is 0 Å². The fourth-order valence-corrected chi connectivity index (χ4v) is 2.10. The summed E-state index contributed by atoms with van der Waals surface area (Å²) in [6.07, 6.45) is -0.223. The first kappa shape index (κ1) is 12.9. The van der Waals surface area contributed by atoms with Gasteiger partial charge in [0.15, 0.2) is 6.17 Å². The smallest absolute Gasteiger partial charge is 0.294 e. The van der Waals surface area contributed by atoms with Crippen LogP contribution in [0.3, 0.4) is 0 Å². The van der Waals surface area contributed by atoms with Gasteiger partial charge in [-0.05, 0) is 43.4 Å². The van der Waals surface area contributed by atoms with Gasteiger partial charge in [0.25, 0.3) is 10.1 Å². The SMILES string of the molecule is CC1N=NC(=S)N1Nc1ccc(S(=O)(=O)O)cc1. The van der Waals surface area contributed by atoms with Crippen molar-refractivity contribution < 1.29 is 13.0 Å². The summed E-state index contributed by atoms with van der Waals surface area (Å²) in [5.74, 6) is 0. The van der Waals surface area contributed by atoms with Crippen LogP contribution >= 0.6 is 12.2 Å². The molecule has 0 spiro atoms. The summed E-state index contributed by atoms with van der Waals surface area (Å²) in [4.78, 5) is -0.167. The Kier molecular flexibility index (Phi) is 3.28. The number of anilines is 1. The number of hydrogen-bond acceptors (Lipinski definition) is 5. The number of nitrogens with one attached hydrogen (secondary N) is 1. The van der Waals surface area contributed by atoms with Crippen molar-refractivity contribution in [3.05, 3.63) is 24.3 Å². The summed E-state index contributed by atoms with van der Waals surface area (Å²) < 4.78 is 30.6. The predicted molar refractivity (Wildman–Crippen MR) is 68.6 cm³/mol. The lowest BCUT2D eigenvalue weighted by Crippen LogP contribution is -2.36. The zero-order valence-corrected chi connectivity index (χ0v) is 10.9.